The maximum atomic E-state index is 13.1. The Bertz CT molecular complexity index is 746. The van der Waals surface area contributed by atoms with Gasteiger partial charge in [-0.1, -0.05) is 6.07 Å². The highest BCUT2D eigenvalue weighted by Gasteiger charge is 2.34. The van der Waals surface area contributed by atoms with Crippen LogP contribution in [0.15, 0.2) is 35.1 Å². The molecule has 0 aliphatic heterocycles. The van der Waals surface area contributed by atoms with Crippen molar-refractivity contribution >= 4 is 5.69 Å². The molecule has 0 amide bonds. The van der Waals surface area contributed by atoms with Gasteiger partial charge in [0, 0.05) is 23.9 Å². The first-order valence-corrected chi connectivity index (χ1v) is 6.64. The van der Waals surface area contributed by atoms with E-state index >= 15 is 0 Å². The van der Waals surface area contributed by atoms with Crippen LogP contribution in [0.3, 0.4) is 0 Å². The van der Waals surface area contributed by atoms with E-state index < -0.39 is 42.1 Å². The SMILES string of the molecule is O=c1ccc(-c2ccc(NCCC(F)(F)F)c(C(F)(F)F)c2)n[nH]1. The minimum absolute atomic E-state index is 0.0694. The summed E-state index contributed by atoms with van der Waals surface area (Å²) in [6, 6.07) is 5.40. The highest BCUT2D eigenvalue weighted by molar-refractivity contribution is 5.66. The van der Waals surface area contributed by atoms with Gasteiger partial charge in [-0.15, -0.1) is 0 Å². The second-order valence-electron chi connectivity index (χ2n) is 4.86. The van der Waals surface area contributed by atoms with Gasteiger partial charge in [-0.25, -0.2) is 5.10 Å². The number of anilines is 1. The summed E-state index contributed by atoms with van der Waals surface area (Å²) in [7, 11) is 0. The topological polar surface area (TPSA) is 57.8 Å². The number of hydrogen-bond donors (Lipinski definition) is 2. The molecule has 0 saturated carbocycles. The maximum Gasteiger partial charge on any atom is 0.418 e. The minimum Gasteiger partial charge on any atom is -0.384 e. The quantitative estimate of drug-likeness (QED) is 0.824. The first-order valence-electron chi connectivity index (χ1n) is 6.64. The average molecular weight is 351 g/mol. The summed E-state index contributed by atoms with van der Waals surface area (Å²) in [5.74, 6) is 0. The number of halogens is 6. The van der Waals surface area contributed by atoms with E-state index in [1.807, 2.05) is 0 Å². The van der Waals surface area contributed by atoms with E-state index in [9.17, 15) is 31.1 Å². The Kier molecular flexibility index (Phi) is 4.86. The number of rotatable bonds is 4. The van der Waals surface area contributed by atoms with Gasteiger partial charge in [0.2, 0.25) is 0 Å². The molecule has 0 saturated heterocycles. The molecule has 0 unspecified atom stereocenters. The predicted molar refractivity (Wildman–Crippen MR) is 74.5 cm³/mol. The van der Waals surface area contributed by atoms with Crippen LogP contribution in [-0.4, -0.2) is 22.9 Å². The molecule has 0 fully saturated rings. The Morgan fingerprint density at radius 1 is 1.04 bits per heavy atom. The van der Waals surface area contributed by atoms with Crippen LogP contribution in [0.2, 0.25) is 0 Å². The van der Waals surface area contributed by atoms with Crippen molar-refractivity contribution in [2.24, 2.45) is 0 Å². The van der Waals surface area contributed by atoms with Crippen molar-refractivity contribution in [3.05, 3.63) is 46.2 Å². The van der Waals surface area contributed by atoms with Crippen LogP contribution in [0.1, 0.15) is 12.0 Å². The number of nitrogens with one attached hydrogen (secondary N) is 2. The third kappa shape index (κ3) is 4.74. The zero-order valence-electron chi connectivity index (χ0n) is 11.9. The standard InChI is InChI=1S/C14H11F6N3O/c15-13(16,17)5-6-21-11-2-1-8(7-9(11)14(18,19)20)10-3-4-12(24)23-22-10/h1-4,7,21H,5-6H2,(H,23,24). The molecule has 1 heterocycles. The fourth-order valence-electron chi connectivity index (χ4n) is 1.94. The number of H-pyrrole nitrogens is 1. The van der Waals surface area contributed by atoms with E-state index in [4.69, 9.17) is 0 Å². The van der Waals surface area contributed by atoms with Crippen LogP contribution in [0.4, 0.5) is 32.0 Å². The molecule has 24 heavy (non-hydrogen) atoms. The maximum absolute atomic E-state index is 13.1. The lowest BCUT2D eigenvalue weighted by molar-refractivity contribution is -0.136. The molecule has 0 aliphatic carbocycles. The summed E-state index contributed by atoms with van der Waals surface area (Å²) < 4.78 is 75.7. The number of hydrogen-bond acceptors (Lipinski definition) is 3. The Hall–Kier alpha value is -2.52. The van der Waals surface area contributed by atoms with Crippen molar-refractivity contribution in [1.29, 1.82) is 0 Å². The van der Waals surface area contributed by atoms with Crippen molar-refractivity contribution < 1.29 is 26.3 Å². The molecule has 130 valence electrons. The Balaban J connectivity index is 2.32. The van der Waals surface area contributed by atoms with Crippen LogP contribution in [0.5, 0.6) is 0 Å². The van der Waals surface area contributed by atoms with Gasteiger partial charge >= 0.3 is 12.4 Å². The van der Waals surface area contributed by atoms with Gasteiger partial charge in [0.15, 0.2) is 0 Å². The lowest BCUT2D eigenvalue weighted by atomic mass is 10.1. The minimum atomic E-state index is -4.77. The molecule has 4 nitrogen and oxygen atoms in total. The third-order valence-corrected chi connectivity index (χ3v) is 3.02. The highest BCUT2D eigenvalue weighted by atomic mass is 19.4. The summed E-state index contributed by atoms with van der Waals surface area (Å²) in [5, 5.41) is 7.86. The van der Waals surface area contributed by atoms with Crippen LogP contribution in [0, 0.1) is 0 Å². The summed E-state index contributed by atoms with van der Waals surface area (Å²) in [6.07, 6.45) is -10.5. The second-order valence-corrected chi connectivity index (χ2v) is 4.86. The second kappa shape index (κ2) is 6.54. The average Bonchev–Trinajstić information content (AvgIpc) is 2.46. The zero-order chi connectivity index (χ0) is 18.0. The van der Waals surface area contributed by atoms with Gasteiger partial charge < -0.3 is 5.32 Å². The van der Waals surface area contributed by atoms with Gasteiger partial charge in [0.25, 0.3) is 5.56 Å². The molecule has 0 atom stereocenters. The summed E-state index contributed by atoms with van der Waals surface area (Å²) >= 11 is 0. The van der Waals surface area contributed by atoms with Crippen molar-refractivity contribution in [2.45, 2.75) is 18.8 Å². The lowest BCUT2D eigenvalue weighted by Gasteiger charge is -2.16. The van der Waals surface area contributed by atoms with E-state index in [1.165, 1.54) is 12.1 Å². The number of aromatic amines is 1. The van der Waals surface area contributed by atoms with Gasteiger partial charge in [-0.05, 0) is 18.2 Å². The van der Waals surface area contributed by atoms with Crippen molar-refractivity contribution in [3.8, 4) is 11.3 Å². The van der Waals surface area contributed by atoms with Crippen LogP contribution in [0.25, 0.3) is 11.3 Å². The largest absolute Gasteiger partial charge is 0.418 e. The Labute approximate surface area is 131 Å². The molecule has 10 heteroatoms. The predicted octanol–water partition coefficient (Wildman–Crippen LogP) is 3.82. The smallest absolute Gasteiger partial charge is 0.384 e. The molecular formula is C14H11F6N3O. The molecule has 0 spiro atoms. The number of aromatic nitrogens is 2. The summed E-state index contributed by atoms with van der Waals surface area (Å²) in [4.78, 5) is 10.9. The van der Waals surface area contributed by atoms with Gasteiger partial charge in [-0.3, -0.25) is 4.79 Å². The number of benzene rings is 1. The van der Waals surface area contributed by atoms with E-state index in [2.05, 4.69) is 15.5 Å². The van der Waals surface area contributed by atoms with Gasteiger partial charge in [0.05, 0.1) is 17.7 Å². The normalized spacial score (nSPS) is 12.2. The number of alkyl halides is 6. The lowest BCUT2D eigenvalue weighted by Crippen LogP contribution is -2.17. The third-order valence-electron chi connectivity index (χ3n) is 3.02. The molecule has 2 rings (SSSR count). The summed E-state index contributed by atoms with van der Waals surface area (Å²) in [6.45, 7) is -0.678. The van der Waals surface area contributed by atoms with Crippen molar-refractivity contribution in [1.82, 2.24) is 10.2 Å². The zero-order valence-corrected chi connectivity index (χ0v) is 11.9. The fraction of sp³-hybridized carbons (Fsp3) is 0.286. The highest BCUT2D eigenvalue weighted by Crippen LogP contribution is 2.37. The molecule has 2 N–H and O–H groups in total. The molecular weight excluding hydrogens is 340 g/mol. The van der Waals surface area contributed by atoms with Crippen LogP contribution >= 0.6 is 0 Å². The molecule has 1 aromatic heterocycles. The molecule has 2 aromatic rings. The molecule has 1 aromatic carbocycles. The van der Waals surface area contributed by atoms with Crippen molar-refractivity contribution in [2.75, 3.05) is 11.9 Å². The fourth-order valence-corrected chi connectivity index (χ4v) is 1.94. The van der Waals surface area contributed by atoms with E-state index in [0.717, 1.165) is 18.2 Å². The molecule has 0 radical (unpaired) electrons. The first kappa shape index (κ1) is 17.8. The van der Waals surface area contributed by atoms with Crippen molar-refractivity contribution in [3.63, 3.8) is 0 Å². The first-order chi connectivity index (χ1) is 11.1. The Morgan fingerprint density at radius 2 is 1.75 bits per heavy atom. The summed E-state index contributed by atoms with van der Waals surface area (Å²) in [5.41, 5.74) is -1.92. The van der Waals surface area contributed by atoms with E-state index in [1.54, 1.807) is 0 Å². The van der Waals surface area contributed by atoms with Gasteiger partial charge in [0.1, 0.15) is 0 Å². The monoisotopic (exact) mass is 351 g/mol. The molecule has 0 aliphatic rings. The molecule has 0 bridgehead atoms. The van der Waals surface area contributed by atoms with E-state index in [0.29, 0.717) is 0 Å². The van der Waals surface area contributed by atoms with Crippen LogP contribution in [-0.2, 0) is 6.18 Å². The van der Waals surface area contributed by atoms with E-state index in [-0.39, 0.29) is 11.3 Å². The van der Waals surface area contributed by atoms with Gasteiger partial charge in [-0.2, -0.15) is 31.4 Å². The number of nitrogens with zero attached hydrogens (tertiary/aromatic N) is 1. The Morgan fingerprint density at radius 3 is 2.29 bits per heavy atom. The van der Waals surface area contributed by atoms with Crippen LogP contribution < -0.4 is 10.9 Å².